The van der Waals surface area contributed by atoms with E-state index in [-0.39, 0.29) is 18.3 Å². The summed E-state index contributed by atoms with van der Waals surface area (Å²) < 4.78 is 5.45. The van der Waals surface area contributed by atoms with Crippen molar-refractivity contribution in [2.75, 3.05) is 0 Å². The molecule has 1 amide bonds. The van der Waals surface area contributed by atoms with Crippen molar-refractivity contribution in [1.29, 1.82) is 0 Å². The Labute approximate surface area is 151 Å². The third-order valence-corrected chi connectivity index (χ3v) is 3.60. The lowest BCUT2D eigenvalue weighted by Crippen LogP contribution is -2.33. The Hall–Kier alpha value is -1.88. The predicted molar refractivity (Wildman–Crippen MR) is 97.5 cm³/mol. The fraction of sp³-hybridized carbons (Fsp3) is 0.600. The molecule has 5 nitrogen and oxygen atoms in total. The van der Waals surface area contributed by atoms with Gasteiger partial charge in [-0.2, -0.15) is 0 Å². The average Bonchev–Trinajstić information content (AvgIpc) is 2.53. The summed E-state index contributed by atoms with van der Waals surface area (Å²) >= 11 is 0. The highest BCUT2D eigenvalue weighted by atomic mass is 16.6. The van der Waals surface area contributed by atoms with Gasteiger partial charge in [-0.05, 0) is 32.8 Å². The van der Waals surface area contributed by atoms with Crippen molar-refractivity contribution in [3.8, 4) is 0 Å². The molecular formula is C20H31NO4. The van der Waals surface area contributed by atoms with Crippen LogP contribution in [-0.2, 0) is 25.8 Å². The van der Waals surface area contributed by atoms with E-state index < -0.39 is 11.5 Å². The van der Waals surface area contributed by atoms with E-state index in [1.165, 1.54) is 0 Å². The number of hydrogen-bond donors (Lipinski definition) is 1. The second-order valence-corrected chi connectivity index (χ2v) is 7.23. The molecule has 0 aliphatic heterocycles. The van der Waals surface area contributed by atoms with Gasteiger partial charge in [0.1, 0.15) is 5.60 Å². The molecule has 0 saturated carbocycles. The molecule has 0 heterocycles. The van der Waals surface area contributed by atoms with Crippen molar-refractivity contribution < 1.29 is 19.2 Å². The molecule has 1 rings (SSSR count). The summed E-state index contributed by atoms with van der Waals surface area (Å²) in [7, 11) is 0. The van der Waals surface area contributed by atoms with Gasteiger partial charge in [-0.25, -0.2) is 5.48 Å². The molecule has 25 heavy (non-hydrogen) atoms. The van der Waals surface area contributed by atoms with Gasteiger partial charge in [0.05, 0.1) is 12.5 Å². The van der Waals surface area contributed by atoms with Crippen LogP contribution in [0.5, 0.6) is 0 Å². The lowest BCUT2D eigenvalue weighted by Gasteiger charge is -2.23. The van der Waals surface area contributed by atoms with Crippen molar-refractivity contribution in [3.05, 3.63) is 35.9 Å². The van der Waals surface area contributed by atoms with Crippen LogP contribution in [0.1, 0.15) is 65.4 Å². The van der Waals surface area contributed by atoms with Crippen LogP contribution in [0.4, 0.5) is 0 Å². The molecule has 0 aliphatic carbocycles. The molecule has 0 radical (unpaired) electrons. The minimum atomic E-state index is -0.555. The zero-order chi connectivity index (χ0) is 18.7. The number of nitrogens with one attached hydrogen (secondary N) is 1. The van der Waals surface area contributed by atoms with E-state index in [2.05, 4.69) is 12.4 Å². The summed E-state index contributed by atoms with van der Waals surface area (Å²) in [6.45, 7) is 7.89. The van der Waals surface area contributed by atoms with Gasteiger partial charge in [0.2, 0.25) is 5.91 Å². The molecule has 0 unspecified atom stereocenters. The number of unbranched alkanes of at least 4 members (excludes halogenated alkanes) is 2. The minimum Gasteiger partial charge on any atom is -0.460 e. The topological polar surface area (TPSA) is 64.6 Å². The van der Waals surface area contributed by atoms with E-state index in [1.54, 1.807) is 0 Å². The summed E-state index contributed by atoms with van der Waals surface area (Å²) in [5.74, 6) is -1.06. The molecule has 5 heteroatoms. The Morgan fingerprint density at radius 2 is 1.80 bits per heavy atom. The monoisotopic (exact) mass is 349 g/mol. The highest BCUT2D eigenvalue weighted by Crippen LogP contribution is 2.19. The van der Waals surface area contributed by atoms with Crippen LogP contribution in [0.25, 0.3) is 0 Å². The molecule has 1 N–H and O–H groups in total. The number of amides is 1. The lowest BCUT2D eigenvalue weighted by atomic mass is 9.97. The molecule has 0 aromatic heterocycles. The fourth-order valence-corrected chi connectivity index (χ4v) is 2.37. The molecular weight excluding hydrogens is 318 g/mol. The third-order valence-electron chi connectivity index (χ3n) is 3.60. The number of ether oxygens (including phenoxy) is 1. The summed E-state index contributed by atoms with van der Waals surface area (Å²) in [6.07, 6.45) is 3.72. The Bertz CT molecular complexity index is 522. The SMILES string of the molecule is CCCCC[C@H](CC(=O)NOCc1ccccc1)C(=O)OC(C)(C)C. The van der Waals surface area contributed by atoms with Gasteiger partial charge >= 0.3 is 5.97 Å². The van der Waals surface area contributed by atoms with E-state index in [0.717, 1.165) is 24.8 Å². The first-order valence-corrected chi connectivity index (χ1v) is 8.99. The minimum absolute atomic E-state index is 0.0768. The highest BCUT2D eigenvalue weighted by molar-refractivity contribution is 5.82. The van der Waals surface area contributed by atoms with Crippen LogP contribution >= 0.6 is 0 Å². The maximum Gasteiger partial charge on any atom is 0.309 e. The first-order chi connectivity index (χ1) is 11.8. The van der Waals surface area contributed by atoms with Crippen LogP contribution in [0.3, 0.4) is 0 Å². The predicted octanol–water partition coefficient (Wildman–Crippen LogP) is 4.16. The normalized spacial score (nSPS) is 12.5. The van der Waals surface area contributed by atoms with Gasteiger partial charge in [-0.15, -0.1) is 0 Å². The summed E-state index contributed by atoms with van der Waals surface area (Å²) in [5, 5.41) is 0. The van der Waals surface area contributed by atoms with Crippen molar-refractivity contribution in [2.24, 2.45) is 5.92 Å². The van der Waals surface area contributed by atoms with Crippen LogP contribution in [-0.4, -0.2) is 17.5 Å². The second kappa shape index (κ2) is 10.9. The van der Waals surface area contributed by atoms with E-state index in [9.17, 15) is 9.59 Å². The molecule has 0 saturated heterocycles. The molecule has 0 bridgehead atoms. The van der Waals surface area contributed by atoms with E-state index >= 15 is 0 Å². The van der Waals surface area contributed by atoms with Crippen LogP contribution < -0.4 is 5.48 Å². The third kappa shape index (κ3) is 9.87. The maximum atomic E-state index is 12.3. The molecule has 1 atom stereocenters. The van der Waals surface area contributed by atoms with Crippen LogP contribution in [0, 0.1) is 5.92 Å². The number of esters is 1. The largest absolute Gasteiger partial charge is 0.460 e. The maximum absolute atomic E-state index is 12.3. The van der Waals surface area contributed by atoms with Gasteiger partial charge in [0.15, 0.2) is 0 Å². The van der Waals surface area contributed by atoms with Crippen LogP contribution in [0.15, 0.2) is 30.3 Å². The first kappa shape index (κ1) is 21.2. The van der Waals surface area contributed by atoms with E-state index in [0.29, 0.717) is 13.0 Å². The molecule has 140 valence electrons. The smallest absolute Gasteiger partial charge is 0.309 e. The highest BCUT2D eigenvalue weighted by Gasteiger charge is 2.27. The van der Waals surface area contributed by atoms with E-state index in [1.807, 2.05) is 51.1 Å². The Balaban J connectivity index is 2.47. The fourth-order valence-electron chi connectivity index (χ4n) is 2.37. The summed E-state index contributed by atoms with van der Waals surface area (Å²) in [4.78, 5) is 29.7. The standard InChI is InChI=1S/C20H31NO4/c1-5-6-8-13-17(19(23)25-20(2,3)4)14-18(22)21-24-15-16-11-9-7-10-12-16/h7,9-12,17H,5-6,8,13-15H2,1-4H3,(H,21,22)/t17-/m1/s1. The second-order valence-electron chi connectivity index (χ2n) is 7.23. The molecule has 0 aliphatic rings. The quantitative estimate of drug-likeness (QED) is 0.391. The zero-order valence-electron chi connectivity index (χ0n) is 15.8. The van der Waals surface area contributed by atoms with Gasteiger partial charge in [-0.1, -0.05) is 56.5 Å². The Kier molecular flexibility index (Phi) is 9.21. The number of hydrogen-bond acceptors (Lipinski definition) is 4. The van der Waals surface area contributed by atoms with Crippen LogP contribution in [0.2, 0.25) is 0 Å². The van der Waals surface area contributed by atoms with E-state index in [4.69, 9.17) is 9.57 Å². The Morgan fingerprint density at radius 1 is 1.12 bits per heavy atom. The molecule has 0 fully saturated rings. The number of rotatable bonds is 10. The first-order valence-electron chi connectivity index (χ1n) is 8.99. The van der Waals surface area contributed by atoms with Crippen molar-refractivity contribution >= 4 is 11.9 Å². The van der Waals surface area contributed by atoms with Gasteiger partial charge in [0.25, 0.3) is 0 Å². The lowest BCUT2D eigenvalue weighted by molar-refractivity contribution is -0.162. The number of hydroxylamine groups is 1. The Morgan fingerprint density at radius 3 is 2.40 bits per heavy atom. The number of carbonyl (C=O) groups excluding carboxylic acids is 2. The van der Waals surface area contributed by atoms with Crippen molar-refractivity contribution in [2.45, 2.75) is 72.0 Å². The molecule has 1 aromatic rings. The molecule has 0 spiro atoms. The summed E-state index contributed by atoms with van der Waals surface area (Å²) in [6, 6.07) is 9.57. The molecule has 1 aromatic carbocycles. The van der Waals surface area contributed by atoms with Crippen molar-refractivity contribution in [3.63, 3.8) is 0 Å². The number of carbonyl (C=O) groups is 2. The van der Waals surface area contributed by atoms with Gasteiger partial charge < -0.3 is 4.74 Å². The summed E-state index contributed by atoms with van der Waals surface area (Å²) in [5.41, 5.74) is 2.83. The number of benzene rings is 1. The zero-order valence-corrected chi connectivity index (χ0v) is 15.8. The average molecular weight is 349 g/mol. The van der Waals surface area contributed by atoms with Gasteiger partial charge in [-0.3, -0.25) is 14.4 Å². The van der Waals surface area contributed by atoms with Gasteiger partial charge in [0, 0.05) is 6.42 Å². The van der Waals surface area contributed by atoms with Crippen molar-refractivity contribution in [1.82, 2.24) is 5.48 Å².